The number of pyridine rings is 1. The molecule has 1 unspecified atom stereocenters. The van der Waals surface area contributed by atoms with Crippen LogP contribution in [-0.4, -0.2) is 35.4 Å². The zero-order valence-corrected chi connectivity index (χ0v) is 13.8. The van der Waals surface area contributed by atoms with Crippen molar-refractivity contribution >= 4 is 12.0 Å². The van der Waals surface area contributed by atoms with Crippen LogP contribution in [0.15, 0.2) is 41.5 Å². The van der Waals surface area contributed by atoms with Crippen LogP contribution in [0.1, 0.15) is 15.9 Å². The molecule has 5 nitrogen and oxygen atoms in total. The lowest BCUT2D eigenvalue weighted by molar-refractivity contribution is -0.168. The summed E-state index contributed by atoms with van der Waals surface area (Å²) < 4.78 is 47.5. The fourth-order valence-corrected chi connectivity index (χ4v) is 2.89. The van der Waals surface area contributed by atoms with Gasteiger partial charge in [0.05, 0.1) is 6.54 Å². The molecule has 0 fully saturated rings. The second-order valence-electron chi connectivity index (χ2n) is 5.85. The Kier molecular flexibility index (Phi) is 4.62. The van der Waals surface area contributed by atoms with Crippen molar-refractivity contribution in [3.8, 4) is 18.1 Å². The molecule has 1 N–H and O–H groups in total. The van der Waals surface area contributed by atoms with Crippen LogP contribution in [0.4, 0.5) is 13.2 Å². The number of ether oxygens (including phenoxy) is 1. The van der Waals surface area contributed by atoms with E-state index in [-0.39, 0.29) is 34.2 Å². The van der Waals surface area contributed by atoms with Crippen LogP contribution in [0.25, 0.3) is 6.08 Å². The molecule has 0 amide bonds. The molecule has 0 bridgehead atoms. The normalized spacial score (nSPS) is 18.4. The second-order valence-corrected chi connectivity index (χ2v) is 5.85. The summed E-state index contributed by atoms with van der Waals surface area (Å²) in [6.07, 6.45) is 2.93. The molecule has 1 atom stereocenters. The van der Waals surface area contributed by atoms with Crippen molar-refractivity contribution in [2.45, 2.75) is 11.6 Å². The van der Waals surface area contributed by atoms with Crippen molar-refractivity contribution in [3.05, 3.63) is 58.4 Å². The summed E-state index contributed by atoms with van der Waals surface area (Å²) in [5, 5.41) is 9.48. The van der Waals surface area contributed by atoms with E-state index in [1.807, 2.05) is 0 Å². The molecule has 2 aromatic rings. The number of nitrogens with zero attached hydrogens (tertiary/aromatic N) is 2. The highest BCUT2D eigenvalue weighted by atomic mass is 19.4. The number of aromatic nitrogens is 1. The van der Waals surface area contributed by atoms with Gasteiger partial charge in [-0.25, -0.2) is 9.78 Å². The fraction of sp³-hybridized carbons (Fsp3) is 0.211. The van der Waals surface area contributed by atoms with E-state index in [0.717, 1.165) is 24.3 Å². The lowest BCUT2D eigenvalue weighted by Gasteiger charge is -2.33. The van der Waals surface area contributed by atoms with Gasteiger partial charge in [-0.3, -0.25) is 4.99 Å². The maximum atomic E-state index is 14.1. The van der Waals surface area contributed by atoms with Gasteiger partial charge in [-0.2, -0.15) is 13.2 Å². The van der Waals surface area contributed by atoms with E-state index < -0.39 is 24.1 Å². The second kappa shape index (κ2) is 6.76. The number of benzene rings is 1. The predicted molar refractivity (Wildman–Crippen MR) is 89.8 cm³/mol. The van der Waals surface area contributed by atoms with E-state index >= 15 is 0 Å². The van der Waals surface area contributed by atoms with Crippen molar-refractivity contribution in [3.63, 3.8) is 0 Å². The van der Waals surface area contributed by atoms with Gasteiger partial charge in [0.1, 0.15) is 23.3 Å². The molecule has 2 heterocycles. The molecule has 0 saturated heterocycles. The number of carbonyl (C=O) groups is 1. The summed E-state index contributed by atoms with van der Waals surface area (Å²) in [7, 11) is 0. The molecule has 3 rings (SSSR count). The highest BCUT2D eigenvalue weighted by molar-refractivity contribution is 5.91. The van der Waals surface area contributed by atoms with Crippen LogP contribution < -0.4 is 15.4 Å². The van der Waals surface area contributed by atoms with E-state index in [4.69, 9.17) is 11.2 Å². The van der Waals surface area contributed by atoms with Gasteiger partial charge in [0.2, 0.25) is 0 Å². The monoisotopic (exact) mass is 374 g/mol. The van der Waals surface area contributed by atoms with Gasteiger partial charge in [0.25, 0.3) is 0 Å². The topological polar surface area (TPSA) is 71.8 Å². The molecule has 8 heteroatoms. The minimum atomic E-state index is -4.68. The number of aromatic carboxylic acids is 1. The molecule has 0 spiro atoms. The van der Waals surface area contributed by atoms with Crippen molar-refractivity contribution in [1.29, 1.82) is 0 Å². The third-order valence-corrected chi connectivity index (χ3v) is 4.24. The molecule has 1 aliphatic heterocycles. The van der Waals surface area contributed by atoms with Crippen LogP contribution in [0, 0.1) is 12.3 Å². The van der Waals surface area contributed by atoms with Crippen LogP contribution in [-0.2, 0) is 5.41 Å². The molecule has 1 aromatic carbocycles. The van der Waals surface area contributed by atoms with Crippen LogP contribution in [0.5, 0.6) is 5.75 Å². The highest BCUT2D eigenvalue weighted by Crippen LogP contribution is 2.44. The van der Waals surface area contributed by atoms with Crippen molar-refractivity contribution in [2.24, 2.45) is 4.99 Å². The van der Waals surface area contributed by atoms with Crippen LogP contribution >= 0.6 is 0 Å². The van der Waals surface area contributed by atoms with Gasteiger partial charge in [-0.15, -0.1) is 6.42 Å². The first kappa shape index (κ1) is 18.5. The molecular formula is C19H13F3N2O3. The first-order valence-corrected chi connectivity index (χ1v) is 7.78. The molecule has 27 heavy (non-hydrogen) atoms. The summed E-state index contributed by atoms with van der Waals surface area (Å²) in [6.45, 7) is -0.884. The van der Waals surface area contributed by atoms with Crippen molar-refractivity contribution in [1.82, 2.24) is 4.98 Å². The summed E-state index contributed by atoms with van der Waals surface area (Å²) >= 11 is 0. The Labute approximate surface area is 151 Å². The van der Waals surface area contributed by atoms with Gasteiger partial charge in [0.15, 0.2) is 5.49 Å². The molecule has 1 aliphatic rings. The molecule has 0 saturated carbocycles. The maximum Gasteiger partial charge on any atom is 0.403 e. The number of halogens is 3. The lowest BCUT2D eigenvalue weighted by atomic mass is 9.77. The van der Waals surface area contributed by atoms with Crippen LogP contribution in [0.2, 0.25) is 0 Å². The average Bonchev–Trinajstić information content (AvgIpc) is 2.64. The molecule has 0 aliphatic carbocycles. The van der Waals surface area contributed by atoms with Gasteiger partial charge in [0, 0.05) is 11.4 Å². The van der Waals surface area contributed by atoms with Crippen molar-refractivity contribution < 1.29 is 27.8 Å². The van der Waals surface area contributed by atoms with E-state index in [0.29, 0.717) is 0 Å². The zero-order valence-electron chi connectivity index (χ0n) is 13.8. The fourth-order valence-electron chi connectivity index (χ4n) is 2.89. The smallest absolute Gasteiger partial charge is 0.403 e. The van der Waals surface area contributed by atoms with E-state index in [2.05, 4.69) is 15.9 Å². The Morgan fingerprint density at radius 1 is 1.37 bits per heavy atom. The number of terminal acetylenes is 1. The highest BCUT2D eigenvalue weighted by Gasteiger charge is 2.55. The Bertz CT molecular complexity index is 1060. The largest absolute Gasteiger partial charge is 0.480 e. The summed E-state index contributed by atoms with van der Waals surface area (Å²) in [4.78, 5) is 19.3. The summed E-state index contributed by atoms with van der Waals surface area (Å²) in [5.41, 5.74) is -2.68. The van der Waals surface area contributed by atoms with E-state index in [1.54, 1.807) is 0 Å². The lowest BCUT2D eigenvalue weighted by Crippen LogP contribution is -2.49. The Morgan fingerprint density at radius 2 is 2.15 bits per heavy atom. The maximum absolute atomic E-state index is 14.1. The third kappa shape index (κ3) is 3.24. The number of alkyl halides is 3. The SMILES string of the molecule is C#CCOc1cc(C2(C(F)(F)F)C=c3cccnc3=NC2)ccc1C(=O)O. The number of carboxylic acid groups (broad SMARTS) is 1. The van der Waals surface area contributed by atoms with E-state index in [1.165, 1.54) is 18.3 Å². The van der Waals surface area contributed by atoms with Gasteiger partial charge < -0.3 is 9.84 Å². The van der Waals surface area contributed by atoms with Gasteiger partial charge in [-0.05, 0) is 29.8 Å². The molecule has 1 aromatic heterocycles. The molecule has 138 valence electrons. The predicted octanol–water partition coefficient (Wildman–Crippen LogP) is 1.71. The average molecular weight is 374 g/mol. The first-order valence-electron chi connectivity index (χ1n) is 7.78. The quantitative estimate of drug-likeness (QED) is 0.827. The third-order valence-electron chi connectivity index (χ3n) is 4.24. The Morgan fingerprint density at radius 3 is 2.81 bits per heavy atom. The number of fused-ring (bicyclic) bond motifs is 1. The zero-order chi connectivity index (χ0) is 19.7. The Hall–Kier alpha value is -3.34. The van der Waals surface area contributed by atoms with E-state index in [9.17, 15) is 23.1 Å². The minimum absolute atomic E-state index is 0.190. The van der Waals surface area contributed by atoms with Crippen LogP contribution in [0.3, 0.4) is 0 Å². The first-order chi connectivity index (χ1) is 12.8. The Balaban J connectivity index is 2.23. The number of rotatable bonds is 4. The van der Waals surface area contributed by atoms with Gasteiger partial charge >= 0.3 is 12.1 Å². The standard InChI is InChI=1S/C19H13F3N2O3/c1-2-8-27-15-9-13(5-6-14(15)17(25)26)18(19(20,21)22)10-12-4-3-7-23-16(12)24-11-18/h1,3-7,9-10H,8,11H2,(H,25,26). The molecular weight excluding hydrogens is 361 g/mol. The number of hydrogen-bond donors (Lipinski definition) is 1. The summed E-state index contributed by atoms with van der Waals surface area (Å²) in [6, 6.07) is 6.26. The van der Waals surface area contributed by atoms with Crippen molar-refractivity contribution in [2.75, 3.05) is 13.2 Å². The minimum Gasteiger partial charge on any atom is -0.480 e. The number of hydrogen-bond acceptors (Lipinski definition) is 4. The number of carboxylic acids is 1. The molecule has 0 radical (unpaired) electrons. The van der Waals surface area contributed by atoms with Gasteiger partial charge in [-0.1, -0.05) is 18.1 Å². The summed E-state index contributed by atoms with van der Waals surface area (Å²) in [5.74, 6) is 0.601.